The molecule has 7 nitrogen and oxygen atoms in total. The standard InChI is InChI=1S/C22H19N3O4/c26-21(27)19-11-24-9-10-25(12-20(24)23-19)22(28)29-13-18-16-7-3-1-5-14(16)15-6-2-4-8-17(15)18/h1-8,11,18H,9-10,12-13H2,(H,26,27). The molecule has 1 aromatic heterocycles. The summed E-state index contributed by atoms with van der Waals surface area (Å²) in [6.07, 6.45) is 1.10. The Kier molecular flexibility index (Phi) is 4.08. The van der Waals surface area contributed by atoms with E-state index in [1.54, 1.807) is 9.47 Å². The number of amides is 1. The number of rotatable bonds is 3. The summed E-state index contributed by atoms with van der Waals surface area (Å²) in [5.41, 5.74) is 4.70. The highest BCUT2D eigenvalue weighted by molar-refractivity contribution is 5.85. The highest BCUT2D eigenvalue weighted by Gasteiger charge is 2.30. The van der Waals surface area contributed by atoms with Crippen LogP contribution in [0.15, 0.2) is 54.7 Å². The van der Waals surface area contributed by atoms with Crippen molar-refractivity contribution in [1.82, 2.24) is 14.5 Å². The molecule has 0 saturated heterocycles. The molecule has 0 bridgehead atoms. The van der Waals surface area contributed by atoms with Crippen LogP contribution in [-0.4, -0.2) is 44.8 Å². The first kappa shape index (κ1) is 17.5. The number of benzene rings is 2. The van der Waals surface area contributed by atoms with Crippen molar-refractivity contribution in [2.75, 3.05) is 13.2 Å². The summed E-state index contributed by atoms with van der Waals surface area (Å²) >= 11 is 0. The minimum absolute atomic E-state index is 0.00520. The van der Waals surface area contributed by atoms with Gasteiger partial charge in [0.25, 0.3) is 0 Å². The van der Waals surface area contributed by atoms with E-state index in [-0.39, 0.29) is 24.8 Å². The molecule has 3 aromatic rings. The van der Waals surface area contributed by atoms with Gasteiger partial charge in [-0.15, -0.1) is 0 Å². The second kappa shape index (κ2) is 6.77. The van der Waals surface area contributed by atoms with Crippen LogP contribution in [0.1, 0.15) is 33.4 Å². The molecular weight excluding hydrogens is 370 g/mol. The number of fused-ring (bicyclic) bond motifs is 4. The summed E-state index contributed by atoms with van der Waals surface area (Å²) in [4.78, 5) is 29.4. The van der Waals surface area contributed by atoms with E-state index in [1.165, 1.54) is 28.5 Å². The molecule has 2 aliphatic rings. The van der Waals surface area contributed by atoms with Gasteiger partial charge in [-0.2, -0.15) is 0 Å². The number of carboxylic acids is 1. The monoisotopic (exact) mass is 389 g/mol. The molecule has 2 heterocycles. The molecule has 0 radical (unpaired) electrons. The van der Waals surface area contributed by atoms with Crippen molar-refractivity contribution in [3.63, 3.8) is 0 Å². The first-order valence-corrected chi connectivity index (χ1v) is 9.51. The zero-order valence-corrected chi connectivity index (χ0v) is 15.6. The molecule has 146 valence electrons. The zero-order chi connectivity index (χ0) is 20.0. The van der Waals surface area contributed by atoms with Crippen molar-refractivity contribution in [2.45, 2.75) is 19.0 Å². The average molecular weight is 389 g/mol. The number of aromatic nitrogens is 2. The zero-order valence-electron chi connectivity index (χ0n) is 15.6. The molecule has 5 rings (SSSR count). The fraction of sp³-hybridized carbons (Fsp3) is 0.227. The lowest BCUT2D eigenvalue weighted by Crippen LogP contribution is -2.39. The molecule has 0 fully saturated rings. The average Bonchev–Trinajstić information content (AvgIpc) is 3.31. The SMILES string of the molecule is O=C(O)c1cn2c(n1)CN(C(=O)OCC1c3ccccc3-c3ccccc31)CC2. The lowest BCUT2D eigenvalue weighted by Gasteiger charge is -2.27. The maximum Gasteiger partial charge on any atom is 0.410 e. The summed E-state index contributed by atoms with van der Waals surface area (Å²) in [6.45, 7) is 1.46. The number of carbonyl (C=O) groups excluding carboxylic acids is 1. The first-order chi connectivity index (χ1) is 14.1. The molecule has 1 N–H and O–H groups in total. The molecule has 0 unspecified atom stereocenters. The van der Waals surface area contributed by atoms with E-state index < -0.39 is 12.1 Å². The Bertz CT molecular complexity index is 1080. The number of hydrogen-bond donors (Lipinski definition) is 1. The third kappa shape index (κ3) is 2.95. The maximum atomic E-state index is 12.7. The van der Waals surface area contributed by atoms with Gasteiger partial charge in [0.1, 0.15) is 12.4 Å². The van der Waals surface area contributed by atoms with Gasteiger partial charge < -0.3 is 14.4 Å². The van der Waals surface area contributed by atoms with Gasteiger partial charge in [0.2, 0.25) is 0 Å². The van der Waals surface area contributed by atoms with E-state index in [0.29, 0.717) is 18.9 Å². The number of carboxylic acid groups (broad SMARTS) is 1. The second-order valence-corrected chi connectivity index (χ2v) is 7.27. The van der Waals surface area contributed by atoms with E-state index in [2.05, 4.69) is 29.2 Å². The Labute approximate surface area is 167 Å². The summed E-state index contributed by atoms with van der Waals surface area (Å²) < 4.78 is 7.46. The topological polar surface area (TPSA) is 84.7 Å². The molecule has 0 atom stereocenters. The fourth-order valence-electron chi connectivity index (χ4n) is 4.20. The largest absolute Gasteiger partial charge is 0.476 e. The summed E-state index contributed by atoms with van der Waals surface area (Å²) in [7, 11) is 0. The van der Waals surface area contributed by atoms with Crippen molar-refractivity contribution in [2.24, 2.45) is 0 Å². The predicted molar refractivity (Wildman–Crippen MR) is 105 cm³/mol. The van der Waals surface area contributed by atoms with Crippen LogP contribution in [0.2, 0.25) is 0 Å². The number of ether oxygens (including phenoxy) is 1. The Morgan fingerprint density at radius 2 is 1.69 bits per heavy atom. The van der Waals surface area contributed by atoms with Crippen LogP contribution in [-0.2, 0) is 17.8 Å². The molecule has 29 heavy (non-hydrogen) atoms. The quantitative estimate of drug-likeness (QED) is 0.743. The summed E-state index contributed by atoms with van der Waals surface area (Å²) in [5.74, 6) is -0.501. The van der Waals surface area contributed by atoms with Crippen molar-refractivity contribution >= 4 is 12.1 Å². The lowest BCUT2D eigenvalue weighted by atomic mass is 9.98. The van der Waals surface area contributed by atoms with Gasteiger partial charge in [-0.1, -0.05) is 48.5 Å². The highest BCUT2D eigenvalue weighted by Crippen LogP contribution is 2.44. The van der Waals surface area contributed by atoms with Crippen LogP contribution >= 0.6 is 0 Å². The number of imidazole rings is 1. The van der Waals surface area contributed by atoms with Crippen molar-refractivity contribution in [1.29, 1.82) is 0 Å². The number of nitrogens with zero attached hydrogens (tertiary/aromatic N) is 3. The molecule has 1 aliphatic carbocycles. The van der Waals surface area contributed by atoms with E-state index in [9.17, 15) is 9.59 Å². The Balaban J connectivity index is 1.31. The number of aromatic carboxylic acids is 1. The van der Waals surface area contributed by atoms with Gasteiger partial charge in [0.05, 0.1) is 6.54 Å². The predicted octanol–water partition coefficient (Wildman–Crippen LogP) is 3.35. The number of hydrogen-bond acceptors (Lipinski definition) is 4. The molecular formula is C22H19N3O4. The lowest BCUT2D eigenvalue weighted by molar-refractivity contribution is 0.0690. The van der Waals surface area contributed by atoms with Crippen LogP contribution in [0, 0.1) is 0 Å². The normalized spacial score (nSPS) is 14.8. The Morgan fingerprint density at radius 3 is 2.34 bits per heavy atom. The van der Waals surface area contributed by atoms with Gasteiger partial charge >= 0.3 is 12.1 Å². The summed E-state index contributed by atoms with van der Waals surface area (Å²) in [6, 6.07) is 16.4. The highest BCUT2D eigenvalue weighted by atomic mass is 16.6. The molecule has 1 amide bonds. The second-order valence-electron chi connectivity index (χ2n) is 7.27. The van der Waals surface area contributed by atoms with Gasteiger partial charge in [0, 0.05) is 25.2 Å². The van der Waals surface area contributed by atoms with Gasteiger partial charge in [-0.25, -0.2) is 14.6 Å². The van der Waals surface area contributed by atoms with Gasteiger partial charge in [0.15, 0.2) is 5.69 Å². The van der Waals surface area contributed by atoms with E-state index >= 15 is 0 Å². The third-order valence-electron chi connectivity index (χ3n) is 5.62. The van der Waals surface area contributed by atoms with Gasteiger partial charge in [-0.3, -0.25) is 4.90 Å². The molecule has 0 spiro atoms. The summed E-state index contributed by atoms with van der Waals surface area (Å²) in [5, 5.41) is 9.09. The van der Waals surface area contributed by atoms with Crippen LogP contribution in [0.5, 0.6) is 0 Å². The molecule has 1 aliphatic heterocycles. The van der Waals surface area contributed by atoms with Gasteiger partial charge in [-0.05, 0) is 22.3 Å². The van der Waals surface area contributed by atoms with Crippen molar-refractivity contribution < 1.29 is 19.4 Å². The van der Waals surface area contributed by atoms with E-state index in [1.807, 2.05) is 24.3 Å². The minimum Gasteiger partial charge on any atom is -0.476 e. The van der Waals surface area contributed by atoms with E-state index in [4.69, 9.17) is 9.84 Å². The van der Waals surface area contributed by atoms with Crippen molar-refractivity contribution in [3.05, 3.63) is 77.4 Å². The number of carbonyl (C=O) groups is 2. The molecule has 7 heteroatoms. The maximum absolute atomic E-state index is 12.7. The molecule has 0 saturated carbocycles. The van der Waals surface area contributed by atoms with Crippen LogP contribution in [0.4, 0.5) is 4.79 Å². The van der Waals surface area contributed by atoms with Crippen LogP contribution in [0.3, 0.4) is 0 Å². The first-order valence-electron chi connectivity index (χ1n) is 9.51. The van der Waals surface area contributed by atoms with Crippen LogP contribution < -0.4 is 0 Å². The Morgan fingerprint density at radius 1 is 1.03 bits per heavy atom. The third-order valence-corrected chi connectivity index (χ3v) is 5.62. The minimum atomic E-state index is -1.07. The van der Waals surface area contributed by atoms with Crippen molar-refractivity contribution in [3.8, 4) is 11.1 Å². The fourth-order valence-corrected chi connectivity index (χ4v) is 4.20. The molecule has 2 aromatic carbocycles. The Hall–Kier alpha value is -3.61. The van der Waals surface area contributed by atoms with E-state index in [0.717, 1.165) is 0 Å². The smallest absolute Gasteiger partial charge is 0.410 e. The van der Waals surface area contributed by atoms with Crippen LogP contribution in [0.25, 0.3) is 11.1 Å².